The number of pyridine rings is 1. The first-order chi connectivity index (χ1) is 5.86. The smallest absolute Gasteiger partial charge is 0.138 e. The molecule has 0 radical (unpaired) electrons. The summed E-state index contributed by atoms with van der Waals surface area (Å²) in [6.45, 7) is 4.04. The van der Waals surface area contributed by atoms with E-state index in [1.54, 1.807) is 12.3 Å². The quantitative estimate of drug-likeness (QED) is 0.528. The average Bonchev–Trinajstić information content (AvgIpc) is 2.15. The first kappa shape index (κ1) is 9.07. The molecule has 1 aromatic heterocycles. The first-order valence-electron chi connectivity index (χ1n) is 3.61. The van der Waals surface area contributed by atoms with Crippen LogP contribution in [0.3, 0.4) is 0 Å². The summed E-state index contributed by atoms with van der Waals surface area (Å²) in [5, 5.41) is 0. The molecule has 1 aromatic rings. The molecule has 0 unspecified atom stereocenters. The summed E-state index contributed by atoms with van der Waals surface area (Å²) in [5.74, 6) is 1.17. The predicted octanol–water partition coefficient (Wildman–Crippen LogP) is 2.39. The molecule has 0 bridgehead atoms. The molecular formula is C9H10ClNO. The maximum atomic E-state index is 5.56. The average molecular weight is 184 g/mol. The van der Waals surface area contributed by atoms with Crippen LogP contribution in [-0.4, -0.2) is 11.6 Å². The number of nitrogens with zero attached hydrogens (tertiary/aromatic N) is 1. The highest BCUT2D eigenvalue weighted by molar-refractivity contribution is 6.16. The fraction of sp³-hybridized carbons (Fsp3) is 0.222. The Morgan fingerprint density at radius 2 is 2.42 bits per heavy atom. The molecule has 0 saturated carbocycles. The highest BCUT2D eigenvalue weighted by Gasteiger charge is 1.93. The van der Waals surface area contributed by atoms with Crippen LogP contribution in [0.4, 0.5) is 0 Å². The Bertz CT molecular complexity index is 245. The van der Waals surface area contributed by atoms with E-state index in [-0.39, 0.29) is 0 Å². The number of hydrogen-bond acceptors (Lipinski definition) is 2. The zero-order chi connectivity index (χ0) is 8.81. The fourth-order valence-electron chi connectivity index (χ4n) is 0.731. The molecule has 0 N–H and O–H groups in total. The molecule has 1 heterocycles. The van der Waals surface area contributed by atoms with Crippen molar-refractivity contribution in [3.05, 3.63) is 36.7 Å². The van der Waals surface area contributed by atoms with Crippen LogP contribution in [0.15, 0.2) is 31.0 Å². The molecule has 0 amide bonds. The van der Waals surface area contributed by atoms with Gasteiger partial charge >= 0.3 is 0 Å². The van der Waals surface area contributed by atoms with Gasteiger partial charge in [-0.15, -0.1) is 11.6 Å². The second kappa shape index (κ2) is 4.78. The molecule has 12 heavy (non-hydrogen) atoms. The van der Waals surface area contributed by atoms with Gasteiger partial charge in [0.05, 0.1) is 17.8 Å². The maximum absolute atomic E-state index is 5.56. The molecule has 0 aliphatic heterocycles. The summed E-state index contributed by atoms with van der Waals surface area (Å²) in [5.41, 5.74) is 0.850. The second-order valence-electron chi connectivity index (χ2n) is 2.22. The van der Waals surface area contributed by atoms with Crippen molar-refractivity contribution in [2.24, 2.45) is 0 Å². The third-order valence-corrected chi connectivity index (χ3v) is 1.58. The molecule has 0 spiro atoms. The number of aromatic nitrogens is 1. The molecule has 2 nitrogen and oxygen atoms in total. The zero-order valence-corrected chi connectivity index (χ0v) is 7.42. The van der Waals surface area contributed by atoms with E-state index in [2.05, 4.69) is 11.6 Å². The Labute approximate surface area is 76.8 Å². The van der Waals surface area contributed by atoms with Crippen LogP contribution in [0.1, 0.15) is 5.69 Å². The van der Waals surface area contributed by atoms with Gasteiger partial charge in [0.25, 0.3) is 0 Å². The van der Waals surface area contributed by atoms with Crippen LogP contribution >= 0.6 is 11.6 Å². The number of hydrogen-bond donors (Lipinski definition) is 0. The molecule has 0 aliphatic carbocycles. The standard InChI is InChI=1S/C9H10ClNO/c1-2-5-12-9-4-3-8(6-10)11-7-9/h2-4,7H,1,5-6H2. The monoisotopic (exact) mass is 183 g/mol. The molecular weight excluding hydrogens is 174 g/mol. The normalized spacial score (nSPS) is 9.42. The van der Waals surface area contributed by atoms with E-state index in [0.29, 0.717) is 12.5 Å². The van der Waals surface area contributed by atoms with Gasteiger partial charge < -0.3 is 4.74 Å². The van der Waals surface area contributed by atoms with Crippen LogP contribution in [-0.2, 0) is 5.88 Å². The van der Waals surface area contributed by atoms with Gasteiger partial charge in [-0.1, -0.05) is 12.7 Å². The lowest BCUT2D eigenvalue weighted by Crippen LogP contribution is -1.94. The Hall–Kier alpha value is -1.02. The summed E-state index contributed by atoms with van der Waals surface area (Å²) in [4.78, 5) is 4.06. The second-order valence-corrected chi connectivity index (χ2v) is 2.49. The first-order valence-corrected chi connectivity index (χ1v) is 4.15. The lowest BCUT2D eigenvalue weighted by atomic mass is 10.4. The topological polar surface area (TPSA) is 22.1 Å². The van der Waals surface area contributed by atoms with Gasteiger partial charge in [-0.3, -0.25) is 4.98 Å². The molecule has 1 rings (SSSR count). The van der Waals surface area contributed by atoms with Gasteiger partial charge in [-0.05, 0) is 12.1 Å². The van der Waals surface area contributed by atoms with Crippen LogP contribution < -0.4 is 4.74 Å². The van der Waals surface area contributed by atoms with E-state index < -0.39 is 0 Å². The third kappa shape index (κ3) is 2.55. The van der Waals surface area contributed by atoms with E-state index in [1.165, 1.54) is 0 Å². The van der Waals surface area contributed by atoms with Crippen molar-refractivity contribution in [1.29, 1.82) is 0 Å². The van der Waals surface area contributed by atoms with Gasteiger partial charge in [-0.25, -0.2) is 0 Å². The van der Waals surface area contributed by atoms with Gasteiger partial charge in [0.2, 0.25) is 0 Å². The highest BCUT2D eigenvalue weighted by Crippen LogP contribution is 2.09. The van der Waals surface area contributed by atoms with Crippen molar-refractivity contribution in [3.63, 3.8) is 0 Å². The molecule has 3 heteroatoms. The molecule has 0 atom stereocenters. The molecule has 0 fully saturated rings. The Morgan fingerprint density at radius 1 is 1.58 bits per heavy atom. The highest BCUT2D eigenvalue weighted by atomic mass is 35.5. The minimum atomic E-state index is 0.432. The van der Waals surface area contributed by atoms with Crippen molar-refractivity contribution in [3.8, 4) is 5.75 Å². The number of halogens is 1. The van der Waals surface area contributed by atoms with Crippen molar-refractivity contribution < 1.29 is 4.74 Å². The van der Waals surface area contributed by atoms with Crippen LogP contribution in [0.2, 0.25) is 0 Å². The van der Waals surface area contributed by atoms with Gasteiger partial charge in [-0.2, -0.15) is 0 Å². The van der Waals surface area contributed by atoms with E-state index in [0.717, 1.165) is 11.4 Å². The van der Waals surface area contributed by atoms with Crippen LogP contribution in [0.5, 0.6) is 5.75 Å². The summed E-state index contributed by atoms with van der Waals surface area (Å²) < 4.78 is 5.23. The van der Waals surface area contributed by atoms with Crippen molar-refractivity contribution >= 4 is 11.6 Å². The fourth-order valence-corrected chi connectivity index (χ4v) is 0.889. The van der Waals surface area contributed by atoms with Crippen molar-refractivity contribution in [1.82, 2.24) is 4.98 Å². The number of rotatable bonds is 4. The molecule has 0 aromatic carbocycles. The SMILES string of the molecule is C=CCOc1ccc(CCl)nc1. The lowest BCUT2D eigenvalue weighted by Gasteiger charge is -2.01. The maximum Gasteiger partial charge on any atom is 0.138 e. The largest absolute Gasteiger partial charge is 0.488 e. The minimum absolute atomic E-state index is 0.432. The van der Waals surface area contributed by atoms with Gasteiger partial charge in [0, 0.05) is 0 Å². The van der Waals surface area contributed by atoms with Crippen LogP contribution in [0.25, 0.3) is 0 Å². The summed E-state index contributed by atoms with van der Waals surface area (Å²) in [6.07, 6.45) is 3.34. The lowest BCUT2D eigenvalue weighted by molar-refractivity contribution is 0.361. The Kier molecular flexibility index (Phi) is 3.61. The summed E-state index contributed by atoms with van der Waals surface area (Å²) in [7, 11) is 0. The van der Waals surface area contributed by atoms with E-state index >= 15 is 0 Å². The summed E-state index contributed by atoms with van der Waals surface area (Å²) in [6, 6.07) is 3.68. The van der Waals surface area contributed by atoms with E-state index in [1.807, 2.05) is 12.1 Å². The van der Waals surface area contributed by atoms with Crippen molar-refractivity contribution in [2.75, 3.05) is 6.61 Å². The van der Waals surface area contributed by atoms with Crippen molar-refractivity contribution in [2.45, 2.75) is 5.88 Å². The van der Waals surface area contributed by atoms with Gasteiger partial charge in [0.1, 0.15) is 12.4 Å². The van der Waals surface area contributed by atoms with Crippen LogP contribution in [0, 0.1) is 0 Å². The third-order valence-electron chi connectivity index (χ3n) is 1.30. The van der Waals surface area contributed by atoms with E-state index in [9.17, 15) is 0 Å². The Morgan fingerprint density at radius 3 is 2.92 bits per heavy atom. The molecule has 0 saturated heterocycles. The predicted molar refractivity (Wildman–Crippen MR) is 49.5 cm³/mol. The zero-order valence-electron chi connectivity index (χ0n) is 6.66. The number of ether oxygens (including phenoxy) is 1. The number of alkyl halides is 1. The molecule has 0 aliphatic rings. The van der Waals surface area contributed by atoms with E-state index in [4.69, 9.17) is 16.3 Å². The Balaban J connectivity index is 2.58. The minimum Gasteiger partial charge on any atom is -0.488 e. The molecule has 64 valence electrons. The summed E-state index contributed by atoms with van der Waals surface area (Å²) >= 11 is 5.56. The van der Waals surface area contributed by atoms with Gasteiger partial charge in [0.15, 0.2) is 0 Å².